The zero-order valence-electron chi connectivity index (χ0n) is 18.2. The molecule has 30 heavy (non-hydrogen) atoms. The van der Waals surface area contributed by atoms with E-state index in [1.807, 2.05) is 67.6 Å². The molecule has 0 fully saturated rings. The lowest BCUT2D eigenvalue weighted by molar-refractivity contribution is -0.139. The van der Waals surface area contributed by atoms with Crippen LogP contribution in [0.2, 0.25) is 0 Å². The van der Waals surface area contributed by atoms with Gasteiger partial charge in [-0.1, -0.05) is 92.9 Å². The molecule has 0 aliphatic carbocycles. The number of rotatable bonds is 8. The van der Waals surface area contributed by atoms with E-state index in [2.05, 4.69) is 32.2 Å². The first kappa shape index (κ1) is 24.9. The van der Waals surface area contributed by atoms with Crippen molar-refractivity contribution in [2.45, 2.75) is 27.2 Å². The second kappa shape index (κ2) is 13.9. The average Bonchev–Trinajstić information content (AvgIpc) is 2.81. The maximum absolute atomic E-state index is 11.7. The number of esters is 1. The molecule has 3 nitrogen and oxygen atoms in total. The quantitative estimate of drug-likeness (QED) is 0.318. The van der Waals surface area contributed by atoms with Crippen molar-refractivity contribution in [1.29, 1.82) is 0 Å². The van der Waals surface area contributed by atoms with Crippen molar-refractivity contribution in [2.75, 3.05) is 13.2 Å². The average molecular weight is 405 g/mol. The molecular weight excluding hydrogens is 372 g/mol. The third-order valence-corrected chi connectivity index (χ3v) is 4.57. The van der Waals surface area contributed by atoms with Crippen LogP contribution in [0.5, 0.6) is 0 Å². The summed E-state index contributed by atoms with van der Waals surface area (Å²) in [6.45, 7) is 13.0. The Bertz CT molecular complexity index is 862. The third-order valence-electron chi connectivity index (χ3n) is 4.57. The van der Waals surface area contributed by atoms with Crippen LogP contribution in [0.4, 0.5) is 0 Å². The predicted octanol–water partition coefficient (Wildman–Crippen LogP) is 6.32. The van der Waals surface area contributed by atoms with Crippen molar-refractivity contribution >= 4 is 23.7 Å². The Balaban J connectivity index is 0.000000375. The third kappa shape index (κ3) is 8.06. The fraction of sp³-hybridized carbons (Fsp3) is 0.222. The standard InChI is InChI=1S/C17H22O3.C10H10/c1-4-15(16-8-6-5-7-9-16)12-13(2)14(3)17(19)20-11-10-18;1-3-9-7-5-6-8-10(9)4-2/h5-9,12,18H,4,10-11H2,1-3H3;3-8H,1-2H2. The SMILES string of the molecule is C=Cc1ccccc1C=C.CCC(=CC(C)=C(C)C(=O)OCCO)c1ccccc1. The molecular formula is C27H32O3. The first-order chi connectivity index (χ1) is 14.5. The summed E-state index contributed by atoms with van der Waals surface area (Å²) in [5.41, 5.74) is 6.06. The van der Waals surface area contributed by atoms with E-state index in [1.165, 1.54) is 5.57 Å². The second-order valence-electron chi connectivity index (χ2n) is 6.59. The Labute approximate surface area is 180 Å². The van der Waals surface area contributed by atoms with Gasteiger partial charge in [0.2, 0.25) is 0 Å². The molecule has 0 radical (unpaired) electrons. The lowest BCUT2D eigenvalue weighted by Crippen LogP contribution is -2.10. The molecule has 2 aromatic carbocycles. The molecule has 0 saturated heterocycles. The highest BCUT2D eigenvalue weighted by molar-refractivity contribution is 5.89. The number of hydrogen-bond acceptors (Lipinski definition) is 3. The molecule has 0 spiro atoms. The molecule has 1 N–H and O–H groups in total. The van der Waals surface area contributed by atoms with Crippen molar-refractivity contribution in [2.24, 2.45) is 0 Å². The highest BCUT2D eigenvalue weighted by Gasteiger charge is 2.08. The van der Waals surface area contributed by atoms with Crippen LogP contribution in [0.1, 0.15) is 43.9 Å². The van der Waals surface area contributed by atoms with Gasteiger partial charge in [-0.15, -0.1) is 0 Å². The Morgan fingerprint density at radius 3 is 1.97 bits per heavy atom. The molecule has 158 valence electrons. The number of benzene rings is 2. The summed E-state index contributed by atoms with van der Waals surface area (Å²) in [5, 5.41) is 8.66. The van der Waals surface area contributed by atoms with Crippen LogP contribution in [-0.4, -0.2) is 24.3 Å². The summed E-state index contributed by atoms with van der Waals surface area (Å²) in [7, 11) is 0. The topological polar surface area (TPSA) is 46.5 Å². The molecule has 0 unspecified atom stereocenters. The van der Waals surface area contributed by atoms with Crippen molar-refractivity contribution in [3.63, 3.8) is 0 Å². The number of aliphatic hydroxyl groups excluding tert-OH is 1. The van der Waals surface area contributed by atoms with E-state index in [0.29, 0.717) is 5.57 Å². The first-order valence-corrected chi connectivity index (χ1v) is 10.0. The summed E-state index contributed by atoms with van der Waals surface area (Å²) < 4.78 is 4.92. The Hall–Kier alpha value is -3.17. The predicted molar refractivity (Wildman–Crippen MR) is 128 cm³/mol. The van der Waals surface area contributed by atoms with Gasteiger partial charge in [0.25, 0.3) is 0 Å². The summed E-state index contributed by atoms with van der Waals surface area (Å²) in [4.78, 5) is 11.7. The molecule has 2 rings (SSSR count). The monoisotopic (exact) mass is 404 g/mol. The molecule has 0 heterocycles. The number of allylic oxidation sites excluding steroid dienone is 3. The van der Waals surface area contributed by atoms with Crippen molar-refractivity contribution in [3.05, 3.63) is 102 Å². The van der Waals surface area contributed by atoms with Crippen LogP contribution < -0.4 is 0 Å². The lowest BCUT2D eigenvalue weighted by Gasteiger charge is -2.08. The van der Waals surface area contributed by atoms with Gasteiger partial charge in [-0.25, -0.2) is 4.79 Å². The largest absolute Gasteiger partial charge is 0.460 e. The highest BCUT2D eigenvalue weighted by atomic mass is 16.5. The van der Waals surface area contributed by atoms with E-state index >= 15 is 0 Å². The van der Waals surface area contributed by atoms with Gasteiger partial charge in [-0.3, -0.25) is 0 Å². The van der Waals surface area contributed by atoms with E-state index in [0.717, 1.165) is 28.7 Å². The Kier molecular flexibility index (Phi) is 11.5. The van der Waals surface area contributed by atoms with E-state index in [1.54, 1.807) is 6.92 Å². The number of carbonyl (C=O) groups is 1. The number of hydrogen-bond donors (Lipinski definition) is 1. The van der Waals surface area contributed by atoms with Gasteiger partial charge in [0, 0.05) is 5.57 Å². The zero-order valence-corrected chi connectivity index (χ0v) is 18.2. The van der Waals surface area contributed by atoms with E-state index < -0.39 is 0 Å². The summed E-state index contributed by atoms with van der Waals surface area (Å²) in [5.74, 6) is -0.378. The molecule has 0 saturated carbocycles. The molecule has 2 aromatic rings. The molecule has 0 aliphatic heterocycles. The normalized spacial score (nSPS) is 11.5. The minimum Gasteiger partial charge on any atom is -0.460 e. The second-order valence-corrected chi connectivity index (χ2v) is 6.59. The number of aliphatic hydroxyl groups is 1. The summed E-state index contributed by atoms with van der Waals surface area (Å²) in [6, 6.07) is 18.1. The molecule has 0 aliphatic rings. The van der Waals surface area contributed by atoms with Gasteiger partial charge < -0.3 is 9.84 Å². The Morgan fingerprint density at radius 1 is 0.967 bits per heavy atom. The highest BCUT2D eigenvalue weighted by Crippen LogP contribution is 2.21. The van der Waals surface area contributed by atoms with Crippen LogP contribution in [0, 0.1) is 0 Å². The van der Waals surface area contributed by atoms with Crippen LogP contribution in [0.25, 0.3) is 17.7 Å². The van der Waals surface area contributed by atoms with Crippen LogP contribution in [0.3, 0.4) is 0 Å². The molecule has 0 amide bonds. The van der Waals surface area contributed by atoms with E-state index in [9.17, 15) is 4.79 Å². The van der Waals surface area contributed by atoms with Gasteiger partial charge >= 0.3 is 5.97 Å². The lowest BCUT2D eigenvalue weighted by atomic mass is 9.99. The Morgan fingerprint density at radius 2 is 1.50 bits per heavy atom. The first-order valence-electron chi connectivity index (χ1n) is 10.0. The number of carbonyl (C=O) groups excluding carboxylic acids is 1. The van der Waals surface area contributed by atoms with E-state index in [-0.39, 0.29) is 19.2 Å². The molecule has 0 bridgehead atoms. The van der Waals surface area contributed by atoms with E-state index in [4.69, 9.17) is 9.84 Å². The minimum absolute atomic E-state index is 0.0342. The molecule has 0 aromatic heterocycles. The van der Waals surface area contributed by atoms with Crippen LogP contribution in [0.15, 0.2) is 85.0 Å². The van der Waals surface area contributed by atoms with Crippen molar-refractivity contribution < 1.29 is 14.6 Å². The smallest absolute Gasteiger partial charge is 0.334 e. The maximum Gasteiger partial charge on any atom is 0.334 e. The van der Waals surface area contributed by atoms with Crippen molar-refractivity contribution in [3.8, 4) is 0 Å². The van der Waals surface area contributed by atoms with Gasteiger partial charge in [0.1, 0.15) is 6.61 Å². The zero-order chi connectivity index (χ0) is 22.4. The fourth-order valence-electron chi connectivity index (χ4n) is 2.70. The summed E-state index contributed by atoms with van der Waals surface area (Å²) in [6.07, 6.45) is 6.57. The van der Waals surface area contributed by atoms with Gasteiger partial charge in [0.05, 0.1) is 6.61 Å². The van der Waals surface area contributed by atoms with Crippen LogP contribution in [-0.2, 0) is 9.53 Å². The van der Waals surface area contributed by atoms with Crippen LogP contribution >= 0.6 is 0 Å². The summed E-state index contributed by atoms with van der Waals surface area (Å²) >= 11 is 0. The molecule has 0 atom stereocenters. The molecule has 3 heteroatoms. The van der Waals surface area contributed by atoms with Gasteiger partial charge in [-0.05, 0) is 48.1 Å². The van der Waals surface area contributed by atoms with Gasteiger partial charge in [0.15, 0.2) is 0 Å². The van der Waals surface area contributed by atoms with Crippen molar-refractivity contribution in [1.82, 2.24) is 0 Å². The minimum atomic E-state index is -0.378. The maximum atomic E-state index is 11.7. The fourth-order valence-corrected chi connectivity index (χ4v) is 2.70. The van der Waals surface area contributed by atoms with Gasteiger partial charge in [-0.2, -0.15) is 0 Å². The number of ether oxygens (including phenoxy) is 1.